The predicted molar refractivity (Wildman–Crippen MR) is 62.0 cm³/mol. The molecule has 0 fully saturated rings. The van der Waals surface area contributed by atoms with Gasteiger partial charge in [-0.1, -0.05) is 26.8 Å². The van der Waals surface area contributed by atoms with Crippen molar-refractivity contribution in [3.63, 3.8) is 0 Å². The molecule has 1 aliphatic rings. The van der Waals surface area contributed by atoms with E-state index in [9.17, 15) is 5.11 Å². The summed E-state index contributed by atoms with van der Waals surface area (Å²) < 4.78 is 0. The first kappa shape index (κ1) is 10.5. The van der Waals surface area contributed by atoms with Crippen LogP contribution in [0.4, 0.5) is 0 Å². The lowest BCUT2D eigenvalue weighted by Gasteiger charge is -2.36. The van der Waals surface area contributed by atoms with Gasteiger partial charge in [0.25, 0.3) is 0 Å². The molecule has 0 aliphatic carbocycles. The minimum absolute atomic E-state index is 0.263. The van der Waals surface area contributed by atoms with Crippen LogP contribution in [0.25, 0.3) is 0 Å². The van der Waals surface area contributed by atoms with Crippen LogP contribution in [-0.4, -0.2) is 11.7 Å². The first-order valence-corrected chi connectivity index (χ1v) is 5.51. The van der Waals surface area contributed by atoms with E-state index in [1.165, 1.54) is 11.1 Å². The number of hydrogen-bond donors (Lipinski definition) is 2. The molecule has 0 amide bonds. The highest BCUT2D eigenvalue weighted by molar-refractivity contribution is 5.39. The summed E-state index contributed by atoms with van der Waals surface area (Å²) in [5.41, 5.74) is 2.89. The zero-order valence-electron chi connectivity index (χ0n) is 9.67. The van der Waals surface area contributed by atoms with E-state index in [4.69, 9.17) is 0 Å². The van der Waals surface area contributed by atoms with Crippen molar-refractivity contribution in [1.29, 1.82) is 0 Å². The van der Waals surface area contributed by atoms with Crippen molar-refractivity contribution in [2.45, 2.75) is 33.2 Å². The Balaban J connectivity index is 2.43. The van der Waals surface area contributed by atoms with Gasteiger partial charge in [0.15, 0.2) is 0 Å². The molecule has 2 N–H and O–H groups in total. The molecule has 0 radical (unpaired) electrons. The molecule has 15 heavy (non-hydrogen) atoms. The van der Waals surface area contributed by atoms with Crippen LogP contribution in [0.15, 0.2) is 18.2 Å². The molecule has 0 saturated carbocycles. The van der Waals surface area contributed by atoms with Crippen LogP contribution in [0.5, 0.6) is 5.75 Å². The SMILES string of the molecule is CC(C)(C)C1CNCc2cc(O)ccc21. The molecule has 2 heteroatoms. The average Bonchev–Trinajstić information content (AvgIpc) is 2.15. The fourth-order valence-corrected chi connectivity index (χ4v) is 2.32. The van der Waals surface area contributed by atoms with Gasteiger partial charge in [-0.05, 0) is 28.7 Å². The summed E-state index contributed by atoms with van der Waals surface area (Å²) in [5, 5.41) is 12.9. The second-order valence-electron chi connectivity index (χ2n) is 5.43. The number of rotatable bonds is 0. The highest BCUT2D eigenvalue weighted by Crippen LogP contribution is 2.38. The highest BCUT2D eigenvalue weighted by Gasteiger charge is 2.30. The van der Waals surface area contributed by atoms with Gasteiger partial charge < -0.3 is 10.4 Å². The summed E-state index contributed by atoms with van der Waals surface area (Å²) >= 11 is 0. The summed E-state index contributed by atoms with van der Waals surface area (Å²) in [6.45, 7) is 8.70. The maximum Gasteiger partial charge on any atom is 0.115 e. The average molecular weight is 205 g/mol. The van der Waals surface area contributed by atoms with E-state index in [1.807, 2.05) is 6.07 Å². The van der Waals surface area contributed by atoms with E-state index in [0.29, 0.717) is 11.7 Å². The Labute approximate surface area is 91.3 Å². The monoisotopic (exact) mass is 205 g/mol. The zero-order valence-corrected chi connectivity index (χ0v) is 9.67. The Morgan fingerprint density at radius 1 is 1.33 bits per heavy atom. The van der Waals surface area contributed by atoms with Crippen LogP contribution >= 0.6 is 0 Å². The molecule has 0 spiro atoms. The molecule has 1 aromatic carbocycles. The van der Waals surface area contributed by atoms with E-state index >= 15 is 0 Å². The molecule has 1 unspecified atom stereocenters. The molecule has 82 valence electrons. The fourth-order valence-electron chi connectivity index (χ4n) is 2.32. The summed E-state index contributed by atoms with van der Waals surface area (Å²) in [6, 6.07) is 5.74. The molecule has 0 aromatic heterocycles. The lowest BCUT2D eigenvalue weighted by Crippen LogP contribution is -2.35. The van der Waals surface area contributed by atoms with Crippen LogP contribution in [0.1, 0.15) is 37.8 Å². The third-order valence-corrected chi connectivity index (χ3v) is 3.21. The maximum absolute atomic E-state index is 9.45. The standard InChI is InChI=1S/C13H19NO/c1-13(2,3)12-8-14-7-9-6-10(15)4-5-11(9)12/h4-6,12,14-15H,7-8H2,1-3H3. The molecule has 0 bridgehead atoms. The summed E-state index contributed by atoms with van der Waals surface area (Å²) in [5.74, 6) is 0.895. The Morgan fingerprint density at radius 3 is 2.73 bits per heavy atom. The first-order valence-electron chi connectivity index (χ1n) is 5.51. The van der Waals surface area contributed by atoms with Gasteiger partial charge in [-0.15, -0.1) is 0 Å². The number of benzene rings is 1. The molecule has 1 heterocycles. The zero-order chi connectivity index (χ0) is 11.1. The van der Waals surface area contributed by atoms with Crippen LogP contribution in [0.2, 0.25) is 0 Å². The summed E-state index contributed by atoms with van der Waals surface area (Å²) in [6.07, 6.45) is 0. The van der Waals surface area contributed by atoms with E-state index in [1.54, 1.807) is 6.07 Å². The molecular weight excluding hydrogens is 186 g/mol. The molecule has 1 aliphatic heterocycles. The van der Waals surface area contributed by atoms with Gasteiger partial charge in [0.2, 0.25) is 0 Å². The number of phenols is 1. The minimum atomic E-state index is 0.263. The van der Waals surface area contributed by atoms with Crippen molar-refractivity contribution in [3.05, 3.63) is 29.3 Å². The predicted octanol–water partition coefficient (Wildman–Crippen LogP) is 2.63. The minimum Gasteiger partial charge on any atom is -0.508 e. The highest BCUT2D eigenvalue weighted by atomic mass is 16.3. The smallest absolute Gasteiger partial charge is 0.115 e. The van der Waals surface area contributed by atoms with Crippen LogP contribution in [0.3, 0.4) is 0 Å². The van der Waals surface area contributed by atoms with Crippen molar-refractivity contribution >= 4 is 0 Å². The fraction of sp³-hybridized carbons (Fsp3) is 0.538. The number of aromatic hydroxyl groups is 1. The van der Waals surface area contributed by atoms with Gasteiger partial charge >= 0.3 is 0 Å². The summed E-state index contributed by atoms with van der Waals surface area (Å²) in [4.78, 5) is 0. The Bertz CT molecular complexity index is 365. The molecular formula is C13H19NO. The number of nitrogens with one attached hydrogen (secondary N) is 1. The Morgan fingerprint density at radius 2 is 2.07 bits per heavy atom. The second kappa shape index (κ2) is 3.53. The van der Waals surface area contributed by atoms with Crippen molar-refractivity contribution in [2.75, 3.05) is 6.54 Å². The van der Waals surface area contributed by atoms with Gasteiger partial charge in [0.1, 0.15) is 5.75 Å². The third-order valence-electron chi connectivity index (χ3n) is 3.21. The van der Waals surface area contributed by atoms with E-state index in [-0.39, 0.29) is 5.41 Å². The molecule has 2 nitrogen and oxygen atoms in total. The van der Waals surface area contributed by atoms with Crippen molar-refractivity contribution in [2.24, 2.45) is 5.41 Å². The van der Waals surface area contributed by atoms with E-state index < -0.39 is 0 Å². The lowest BCUT2D eigenvalue weighted by atomic mass is 9.73. The topological polar surface area (TPSA) is 32.3 Å². The third kappa shape index (κ3) is 2.00. The maximum atomic E-state index is 9.45. The largest absolute Gasteiger partial charge is 0.508 e. The van der Waals surface area contributed by atoms with Crippen LogP contribution in [-0.2, 0) is 6.54 Å². The van der Waals surface area contributed by atoms with Crippen molar-refractivity contribution in [1.82, 2.24) is 5.32 Å². The number of hydrogen-bond acceptors (Lipinski definition) is 2. The normalized spacial score (nSPS) is 21.1. The van der Waals surface area contributed by atoms with Gasteiger partial charge in [-0.25, -0.2) is 0 Å². The molecule has 1 atom stereocenters. The van der Waals surface area contributed by atoms with Gasteiger partial charge in [0.05, 0.1) is 0 Å². The molecule has 0 saturated heterocycles. The van der Waals surface area contributed by atoms with Gasteiger partial charge in [-0.2, -0.15) is 0 Å². The Kier molecular flexibility index (Phi) is 2.47. The number of phenolic OH excluding ortho intramolecular Hbond substituents is 1. The van der Waals surface area contributed by atoms with Crippen molar-refractivity contribution < 1.29 is 5.11 Å². The number of fused-ring (bicyclic) bond motifs is 1. The van der Waals surface area contributed by atoms with E-state index in [0.717, 1.165) is 13.1 Å². The molecule has 1 aromatic rings. The summed E-state index contributed by atoms with van der Waals surface area (Å²) in [7, 11) is 0. The first-order chi connectivity index (χ1) is 6.98. The van der Waals surface area contributed by atoms with Gasteiger partial charge in [-0.3, -0.25) is 0 Å². The van der Waals surface area contributed by atoms with Gasteiger partial charge in [0, 0.05) is 19.0 Å². The van der Waals surface area contributed by atoms with Crippen LogP contribution in [0, 0.1) is 5.41 Å². The quantitative estimate of drug-likeness (QED) is 0.682. The Hall–Kier alpha value is -1.02. The van der Waals surface area contributed by atoms with Crippen LogP contribution < -0.4 is 5.32 Å². The van der Waals surface area contributed by atoms with Crippen molar-refractivity contribution in [3.8, 4) is 5.75 Å². The lowest BCUT2D eigenvalue weighted by molar-refractivity contribution is 0.295. The second-order valence-corrected chi connectivity index (χ2v) is 5.43. The van der Waals surface area contributed by atoms with E-state index in [2.05, 4.69) is 32.2 Å². The molecule has 2 rings (SSSR count).